The summed E-state index contributed by atoms with van der Waals surface area (Å²) in [6, 6.07) is 18.8. The first-order valence-corrected chi connectivity index (χ1v) is 14.0. The Kier molecular flexibility index (Phi) is 8.15. The van der Waals surface area contributed by atoms with Gasteiger partial charge in [-0.15, -0.1) is 11.3 Å². The predicted octanol–water partition coefficient (Wildman–Crippen LogP) is 3.93. The lowest BCUT2D eigenvalue weighted by Crippen LogP contribution is -2.35. The van der Waals surface area contributed by atoms with Gasteiger partial charge in [-0.1, -0.05) is 35.9 Å². The summed E-state index contributed by atoms with van der Waals surface area (Å²) in [5, 5.41) is 1.98. The van der Waals surface area contributed by atoms with Crippen LogP contribution in [0, 0.1) is 6.92 Å². The minimum Gasteiger partial charge on any atom is -0.337 e. The molecule has 0 unspecified atom stereocenters. The van der Waals surface area contributed by atoms with Crippen LogP contribution in [0.25, 0.3) is 0 Å². The molecule has 1 aliphatic rings. The minimum atomic E-state index is -3.60. The van der Waals surface area contributed by atoms with Crippen molar-refractivity contribution in [3.8, 4) is 0 Å². The van der Waals surface area contributed by atoms with Gasteiger partial charge in [0.1, 0.15) is 0 Å². The maximum Gasteiger partial charge on any atom is 0.253 e. The van der Waals surface area contributed by atoms with Gasteiger partial charge in [0.05, 0.1) is 4.90 Å². The molecule has 0 aliphatic carbocycles. The van der Waals surface area contributed by atoms with Crippen molar-refractivity contribution in [2.75, 3.05) is 32.7 Å². The van der Waals surface area contributed by atoms with Crippen molar-refractivity contribution in [2.45, 2.75) is 31.2 Å². The molecule has 1 amide bonds. The SMILES string of the molecule is Cc1ccc(CN2CCCN(C(=O)c3ccc(S(=O)(=O)NCCc4cccs4)cc3)CC2)cc1. The summed E-state index contributed by atoms with van der Waals surface area (Å²) in [6.45, 7) is 6.45. The molecule has 6 nitrogen and oxygen atoms in total. The van der Waals surface area contributed by atoms with Gasteiger partial charge in [-0.25, -0.2) is 13.1 Å². The van der Waals surface area contributed by atoms with Crippen molar-refractivity contribution in [3.05, 3.63) is 87.6 Å². The van der Waals surface area contributed by atoms with Crippen LogP contribution in [0.15, 0.2) is 70.9 Å². The molecule has 1 N–H and O–H groups in total. The van der Waals surface area contributed by atoms with Crippen LogP contribution in [0.4, 0.5) is 0 Å². The molecule has 34 heavy (non-hydrogen) atoms. The number of thiophene rings is 1. The van der Waals surface area contributed by atoms with E-state index < -0.39 is 10.0 Å². The normalized spacial score (nSPS) is 15.3. The summed E-state index contributed by atoms with van der Waals surface area (Å²) in [7, 11) is -3.60. The fraction of sp³-hybridized carbons (Fsp3) is 0.346. The van der Waals surface area contributed by atoms with Gasteiger partial charge >= 0.3 is 0 Å². The van der Waals surface area contributed by atoms with Crippen LogP contribution in [0.3, 0.4) is 0 Å². The summed E-state index contributed by atoms with van der Waals surface area (Å²) < 4.78 is 27.8. The highest BCUT2D eigenvalue weighted by molar-refractivity contribution is 7.89. The standard InChI is InChI=1S/C26H31N3O3S2/c1-21-5-7-22(8-6-21)20-28-15-3-16-29(18-17-28)26(30)23-9-11-25(12-10-23)34(31,32)27-14-13-24-4-2-19-33-24/h2,4-12,19,27H,3,13-18,20H2,1H3. The van der Waals surface area contributed by atoms with Crippen molar-refractivity contribution in [2.24, 2.45) is 0 Å². The quantitative estimate of drug-likeness (QED) is 0.512. The van der Waals surface area contributed by atoms with E-state index in [1.807, 2.05) is 22.4 Å². The minimum absolute atomic E-state index is 0.0493. The average molecular weight is 498 g/mol. The Morgan fingerprint density at radius 3 is 2.44 bits per heavy atom. The van der Waals surface area contributed by atoms with E-state index in [9.17, 15) is 13.2 Å². The van der Waals surface area contributed by atoms with Crippen LogP contribution in [-0.4, -0.2) is 56.8 Å². The first kappa shape index (κ1) is 24.6. The fourth-order valence-corrected chi connectivity index (χ4v) is 5.83. The third-order valence-electron chi connectivity index (χ3n) is 6.06. The first-order valence-electron chi connectivity index (χ1n) is 11.6. The second kappa shape index (κ2) is 11.3. The number of benzene rings is 2. The van der Waals surface area contributed by atoms with Crippen molar-refractivity contribution in [1.82, 2.24) is 14.5 Å². The highest BCUT2D eigenvalue weighted by atomic mass is 32.2. The van der Waals surface area contributed by atoms with Crippen molar-refractivity contribution in [3.63, 3.8) is 0 Å². The van der Waals surface area contributed by atoms with Gasteiger partial charge < -0.3 is 4.90 Å². The number of nitrogens with zero attached hydrogens (tertiary/aromatic N) is 2. The molecule has 1 saturated heterocycles. The Bertz CT molecular complexity index is 1180. The molecular formula is C26H31N3O3S2. The van der Waals surface area contributed by atoms with Gasteiger partial charge in [0.15, 0.2) is 0 Å². The molecule has 0 radical (unpaired) electrons. The summed E-state index contributed by atoms with van der Waals surface area (Å²) in [6.07, 6.45) is 1.57. The highest BCUT2D eigenvalue weighted by Gasteiger charge is 2.21. The van der Waals surface area contributed by atoms with Gasteiger partial charge in [-0.3, -0.25) is 9.69 Å². The molecule has 3 aromatic rings. The number of hydrogen-bond donors (Lipinski definition) is 1. The Morgan fingerprint density at radius 1 is 0.971 bits per heavy atom. The summed E-state index contributed by atoms with van der Waals surface area (Å²) in [5.74, 6) is -0.0493. The molecule has 1 aliphatic heterocycles. The Hall–Kier alpha value is -2.52. The predicted molar refractivity (Wildman–Crippen MR) is 137 cm³/mol. The molecule has 0 spiro atoms. The summed E-state index contributed by atoms with van der Waals surface area (Å²) in [5.41, 5.74) is 3.06. The first-order chi connectivity index (χ1) is 16.4. The molecule has 1 aromatic heterocycles. The Morgan fingerprint density at radius 2 is 1.74 bits per heavy atom. The highest BCUT2D eigenvalue weighted by Crippen LogP contribution is 2.16. The topological polar surface area (TPSA) is 69.7 Å². The number of sulfonamides is 1. The number of carbonyl (C=O) groups excluding carboxylic acids is 1. The Labute approximate surface area is 206 Å². The molecule has 1 fully saturated rings. The largest absolute Gasteiger partial charge is 0.337 e. The van der Waals surface area contributed by atoms with E-state index in [0.29, 0.717) is 31.6 Å². The molecule has 2 heterocycles. The number of hydrogen-bond acceptors (Lipinski definition) is 5. The van der Waals surface area contributed by atoms with Crippen LogP contribution in [-0.2, 0) is 23.0 Å². The van der Waals surface area contributed by atoms with E-state index in [0.717, 1.165) is 30.9 Å². The smallest absolute Gasteiger partial charge is 0.253 e. The zero-order valence-electron chi connectivity index (χ0n) is 19.4. The second-order valence-corrected chi connectivity index (χ2v) is 11.5. The van der Waals surface area contributed by atoms with E-state index in [-0.39, 0.29) is 10.8 Å². The molecule has 180 valence electrons. The van der Waals surface area contributed by atoms with E-state index in [1.54, 1.807) is 23.5 Å². The van der Waals surface area contributed by atoms with Gasteiger partial charge in [0.25, 0.3) is 5.91 Å². The lowest BCUT2D eigenvalue weighted by atomic mass is 10.1. The number of aryl methyl sites for hydroxylation is 1. The average Bonchev–Trinajstić information content (AvgIpc) is 3.25. The van der Waals surface area contributed by atoms with Crippen LogP contribution in [0.1, 0.15) is 32.8 Å². The van der Waals surface area contributed by atoms with E-state index in [2.05, 4.69) is 40.8 Å². The molecule has 0 atom stereocenters. The Balaban J connectivity index is 1.31. The van der Waals surface area contributed by atoms with E-state index in [1.165, 1.54) is 23.3 Å². The molecule has 8 heteroatoms. The zero-order valence-corrected chi connectivity index (χ0v) is 21.1. The summed E-state index contributed by atoms with van der Waals surface area (Å²) in [4.78, 5) is 18.6. The zero-order chi connectivity index (χ0) is 24.0. The van der Waals surface area contributed by atoms with Gasteiger partial charge in [0, 0.05) is 49.7 Å². The monoisotopic (exact) mass is 497 g/mol. The van der Waals surface area contributed by atoms with E-state index >= 15 is 0 Å². The third-order valence-corrected chi connectivity index (χ3v) is 8.47. The van der Waals surface area contributed by atoms with Crippen molar-refractivity contribution in [1.29, 1.82) is 0 Å². The van der Waals surface area contributed by atoms with Crippen LogP contribution in [0.5, 0.6) is 0 Å². The van der Waals surface area contributed by atoms with E-state index in [4.69, 9.17) is 0 Å². The maximum absolute atomic E-state index is 13.1. The molecule has 2 aromatic carbocycles. The van der Waals surface area contributed by atoms with Crippen LogP contribution in [0.2, 0.25) is 0 Å². The van der Waals surface area contributed by atoms with Crippen LogP contribution >= 0.6 is 11.3 Å². The number of carbonyl (C=O) groups is 1. The van der Waals surface area contributed by atoms with Gasteiger partial charge in [-0.05, 0) is 61.0 Å². The molecule has 0 bridgehead atoms. The second-order valence-electron chi connectivity index (χ2n) is 8.66. The number of amides is 1. The van der Waals surface area contributed by atoms with Crippen LogP contribution < -0.4 is 4.72 Å². The summed E-state index contributed by atoms with van der Waals surface area (Å²) >= 11 is 1.61. The third kappa shape index (κ3) is 6.54. The van der Waals surface area contributed by atoms with Crippen molar-refractivity contribution >= 4 is 27.3 Å². The van der Waals surface area contributed by atoms with Gasteiger partial charge in [-0.2, -0.15) is 0 Å². The number of nitrogens with one attached hydrogen (secondary N) is 1. The fourth-order valence-electron chi connectivity index (χ4n) is 4.09. The molecular weight excluding hydrogens is 466 g/mol. The lowest BCUT2D eigenvalue weighted by molar-refractivity contribution is 0.0761. The number of rotatable bonds is 8. The van der Waals surface area contributed by atoms with Crippen molar-refractivity contribution < 1.29 is 13.2 Å². The molecule has 0 saturated carbocycles. The van der Waals surface area contributed by atoms with Gasteiger partial charge in [0.2, 0.25) is 10.0 Å². The maximum atomic E-state index is 13.1. The lowest BCUT2D eigenvalue weighted by Gasteiger charge is -2.22. The molecule has 4 rings (SSSR count).